The Labute approximate surface area is 89.1 Å². The van der Waals surface area contributed by atoms with Crippen LogP contribution in [0.15, 0.2) is 0 Å². The van der Waals surface area contributed by atoms with Crippen molar-refractivity contribution in [3.8, 4) is 0 Å². The van der Waals surface area contributed by atoms with Crippen LogP contribution < -0.4 is 0 Å². The highest BCUT2D eigenvalue weighted by molar-refractivity contribution is 5.84. The van der Waals surface area contributed by atoms with Crippen molar-refractivity contribution in [2.75, 3.05) is 0 Å². The molecule has 2 aromatic heterocycles. The maximum absolute atomic E-state index is 4.67. The van der Waals surface area contributed by atoms with E-state index in [9.17, 15) is 0 Å². The van der Waals surface area contributed by atoms with Gasteiger partial charge in [0, 0.05) is 18.1 Å². The summed E-state index contributed by atoms with van der Waals surface area (Å²) in [4.78, 5) is 4.67. The third-order valence-corrected chi connectivity index (χ3v) is 3.42. The Kier molecular flexibility index (Phi) is 1.67. The lowest BCUT2D eigenvalue weighted by Gasteiger charge is -2.05. The van der Waals surface area contributed by atoms with Crippen LogP contribution in [0.4, 0.5) is 0 Å². The van der Waals surface area contributed by atoms with E-state index in [1.54, 1.807) is 0 Å². The van der Waals surface area contributed by atoms with Gasteiger partial charge in [0.1, 0.15) is 0 Å². The van der Waals surface area contributed by atoms with Crippen LogP contribution in [0.1, 0.15) is 28.9 Å². The van der Waals surface area contributed by atoms with Crippen LogP contribution in [0.25, 0.3) is 11.0 Å². The highest BCUT2D eigenvalue weighted by Crippen LogP contribution is 2.32. The van der Waals surface area contributed by atoms with Crippen LogP contribution in [0.3, 0.4) is 0 Å². The quantitative estimate of drug-likeness (QED) is 0.653. The van der Waals surface area contributed by atoms with Gasteiger partial charge in [0.25, 0.3) is 0 Å². The van der Waals surface area contributed by atoms with Gasteiger partial charge in [-0.15, -0.1) is 0 Å². The van der Waals surface area contributed by atoms with Gasteiger partial charge in [-0.3, -0.25) is 4.68 Å². The summed E-state index contributed by atoms with van der Waals surface area (Å²) >= 11 is 0. The zero-order valence-corrected chi connectivity index (χ0v) is 9.46. The fourth-order valence-corrected chi connectivity index (χ4v) is 2.77. The van der Waals surface area contributed by atoms with Crippen LogP contribution in [-0.4, -0.2) is 14.8 Å². The van der Waals surface area contributed by atoms with E-state index in [-0.39, 0.29) is 0 Å². The van der Waals surface area contributed by atoms with Crippen LogP contribution in [0, 0.1) is 13.8 Å². The Balaban J connectivity index is 2.51. The predicted octanol–water partition coefficient (Wildman–Crippen LogP) is 2.07. The van der Waals surface area contributed by atoms with E-state index in [0.29, 0.717) is 0 Å². The van der Waals surface area contributed by atoms with Crippen molar-refractivity contribution in [3.05, 3.63) is 22.5 Å². The smallest absolute Gasteiger partial charge is 0.158 e. The molecule has 3 nitrogen and oxygen atoms in total. The van der Waals surface area contributed by atoms with Gasteiger partial charge in [0.2, 0.25) is 0 Å². The van der Waals surface area contributed by atoms with Gasteiger partial charge in [-0.25, -0.2) is 4.98 Å². The topological polar surface area (TPSA) is 30.7 Å². The molecule has 0 saturated carbocycles. The van der Waals surface area contributed by atoms with Gasteiger partial charge in [-0.2, -0.15) is 5.10 Å². The standard InChI is InChI=1S/C12H15N3/c1-7-9-5-4-6-10(9)11-8(2)14-15(3)12(11)13-7/h4-6H2,1-3H3. The normalized spacial score (nSPS) is 14.9. The second kappa shape index (κ2) is 2.81. The van der Waals surface area contributed by atoms with E-state index in [1.807, 2.05) is 11.7 Å². The summed E-state index contributed by atoms with van der Waals surface area (Å²) in [5.74, 6) is 0. The Morgan fingerprint density at radius 2 is 1.80 bits per heavy atom. The zero-order chi connectivity index (χ0) is 10.6. The molecule has 1 aliphatic carbocycles. The van der Waals surface area contributed by atoms with Gasteiger partial charge in [0.05, 0.1) is 5.69 Å². The molecule has 0 bridgehead atoms. The first-order valence-corrected chi connectivity index (χ1v) is 5.50. The van der Waals surface area contributed by atoms with Crippen LogP contribution >= 0.6 is 0 Å². The lowest BCUT2D eigenvalue weighted by molar-refractivity contribution is 0.772. The van der Waals surface area contributed by atoms with Crippen molar-refractivity contribution in [1.29, 1.82) is 0 Å². The Morgan fingerprint density at radius 1 is 1.07 bits per heavy atom. The van der Waals surface area contributed by atoms with Gasteiger partial charge >= 0.3 is 0 Å². The second-order valence-corrected chi connectivity index (χ2v) is 4.42. The molecular weight excluding hydrogens is 186 g/mol. The summed E-state index contributed by atoms with van der Waals surface area (Å²) in [6, 6.07) is 0. The van der Waals surface area contributed by atoms with Gasteiger partial charge in [-0.05, 0) is 44.2 Å². The first kappa shape index (κ1) is 8.89. The van der Waals surface area contributed by atoms with Crippen molar-refractivity contribution in [3.63, 3.8) is 0 Å². The molecule has 2 aromatic rings. The van der Waals surface area contributed by atoms with Crippen LogP contribution in [-0.2, 0) is 19.9 Å². The minimum atomic E-state index is 1.05. The van der Waals surface area contributed by atoms with E-state index in [1.165, 1.54) is 41.5 Å². The molecule has 3 rings (SSSR count). The second-order valence-electron chi connectivity index (χ2n) is 4.42. The maximum atomic E-state index is 4.67. The first-order chi connectivity index (χ1) is 7.18. The van der Waals surface area contributed by atoms with Crippen molar-refractivity contribution >= 4 is 11.0 Å². The molecule has 0 N–H and O–H groups in total. The third kappa shape index (κ3) is 1.06. The minimum absolute atomic E-state index is 1.05. The molecule has 0 atom stereocenters. The summed E-state index contributed by atoms with van der Waals surface area (Å²) < 4.78 is 1.90. The molecule has 78 valence electrons. The molecule has 15 heavy (non-hydrogen) atoms. The fraction of sp³-hybridized carbons (Fsp3) is 0.500. The molecule has 0 aliphatic heterocycles. The average Bonchev–Trinajstić information content (AvgIpc) is 2.73. The molecule has 3 heteroatoms. The van der Waals surface area contributed by atoms with E-state index in [0.717, 1.165) is 11.3 Å². The summed E-state index contributed by atoms with van der Waals surface area (Å²) in [5.41, 5.74) is 6.34. The monoisotopic (exact) mass is 201 g/mol. The van der Waals surface area contributed by atoms with Gasteiger partial charge < -0.3 is 0 Å². The minimum Gasteiger partial charge on any atom is -0.250 e. The highest BCUT2D eigenvalue weighted by atomic mass is 15.3. The molecule has 1 aliphatic rings. The number of hydrogen-bond donors (Lipinski definition) is 0. The Morgan fingerprint density at radius 3 is 2.60 bits per heavy atom. The number of hydrogen-bond acceptors (Lipinski definition) is 2. The van der Waals surface area contributed by atoms with E-state index < -0.39 is 0 Å². The van der Waals surface area contributed by atoms with E-state index in [4.69, 9.17) is 0 Å². The highest BCUT2D eigenvalue weighted by Gasteiger charge is 2.21. The maximum Gasteiger partial charge on any atom is 0.158 e. The molecular formula is C12H15N3. The third-order valence-electron chi connectivity index (χ3n) is 3.42. The molecule has 0 fully saturated rings. The molecule has 0 saturated heterocycles. The summed E-state index contributed by atoms with van der Waals surface area (Å²) in [6.45, 7) is 4.20. The largest absolute Gasteiger partial charge is 0.250 e. The predicted molar refractivity (Wildman–Crippen MR) is 60.0 cm³/mol. The van der Waals surface area contributed by atoms with E-state index >= 15 is 0 Å². The number of nitrogens with zero attached hydrogens (tertiary/aromatic N) is 3. The molecule has 0 radical (unpaired) electrons. The lowest BCUT2D eigenvalue weighted by Crippen LogP contribution is -1.97. The van der Waals surface area contributed by atoms with Gasteiger partial charge in [-0.1, -0.05) is 0 Å². The fourth-order valence-electron chi connectivity index (χ4n) is 2.77. The zero-order valence-electron chi connectivity index (χ0n) is 9.46. The molecule has 0 unspecified atom stereocenters. The molecule has 2 heterocycles. The average molecular weight is 201 g/mol. The number of aromatic nitrogens is 3. The molecule has 0 spiro atoms. The Bertz CT molecular complexity index is 552. The van der Waals surface area contributed by atoms with Gasteiger partial charge in [0.15, 0.2) is 5.65 Å². The molecule has 0 aromatic carbocycles. The number of pyridine rings is 1. The number of fused-ring (bicyclic) bond motifs is 3. The lowest BCUT2D eigenvalue weighted by atomic mass is 10.1. The van der Waals surface area contributed by atoms with Crippen molar-refractivity contribution in [1.82, 2.24) is 14.8 Å². The summed E-state index contributed by atoms with van der Waals surface area (Å²) in [6.07, 6.45) is 3.66. The van der Waals surface area contributed by atoms with Crippen LogP contribution in [0.5, 0.6) is 0 Å². The summed E-state index contributed by atoms with van der Waals surface area (Å²) in [7, 11) is 1.98. The molecule has 0 amide bonds. The number of aryl methyl sites for hydroxylation is 4. The van der Waals surface area contributed by atoms with Crippen LogP contribution in [0.2, 0.25) is 0 Å². The SMILES string of the molecule is Cc1nc2c(c(C)nn2C)c2c1CCC2. The van der Waals surface area contributed by atoms with Crippen molar-refractivity contribution < 1.29 is 0 Å². The Hall–Kier alpha value is -1.38. The van der Waals surface area contributed by atoms with Crippen molar-refractivity contribution in [2.24, 2.45) is 7.05 Å². The summed E-state index contributed by atoms with van der Waals surface area (Å²) in [5, 5.41) is 5.76. The van der Waals surface area contributed by atoms with Crippen molar-refractivity contribution in [2.45, 2.75) is 33.1 Å². The first-order valence-electron chi connectivity index (χ1n) is 5.50. The number of rotatable bonds is 0. The van der Waals surface area contributed by atoms with E-state index in [2.05, 4.69) is 23.9 Å².